The fraction of sp³-hybridized carbons (Fsp3) is 0.453. The fourth-order valence-electron chi connectivity index (χ4n) is 12.2. The number of nitrogens with zero attached hydrogens (tertiary/aromatic N) is 10. The smallest absolute Gasteiger partial charge is 0.264 e. The number of carbonyl (C=O) groups excluding carboxylic acids is 7. The lowest BCUT2D eigenvalue weighted by molar-refractivity contribution is -0.140. The summed E-state index contributed by atoms with van der Waals surface area (Å²) in [6.07, 6.45) is 6.05. The van der Waals surface area contributed by atoms with Crippen LogP contribution in [0.1, 0.15) is 106 Å². The Labute approximate surface area is 423 Å². The molecule has 10 heterocycles. The zero-order valence-electron chi connectivity index (χ0n) is 41.0. The Kier molecular flexibility index (Phi) is 12.1. The van der Waals surface area contributed by atoms with E-state index in [0.717, 1.165) is 52.1 Å². The van der Waals surface area contributed by atoms with Crippen molar-refractivity contribution in [3.05, 3.63) is 93.6 Å². The summed E-state index contributed by atoms with van der Waals surface area (Å²) in [6.45, 7) is 6.47. The van der Waals surface area contributed by atoms with Gasteiger partial charge in [-0.15, -0.1) is 0 Å². The van der Waals surface area contributed by atoms with Gasteiger partial charge in [0.05, 0.1) is 35.8 Å². The highest BCUT2D eigenvalue weighted by Gasteiger charge is 2.46. The van der Waals surface area contributed by atoms with Crippen molar-refractivity contribution in [1.29, 1.82) is 0 Å². The molecule has 2 aromatic carbocycles. The van der Waals surface area contributed by atoms with Crippen LogP contribution in [0.3, 0.4) is 0 Å². The second-order valence-corrected chi connectivity index (χ2v) is 20.4. The average molecular weight is 1010 g/mol. The van der Waals surface area contributed by atoms with Crippen LogP contribution >= 0.6 is 0 Å². The number of benzene rings is 2. The number of carbonyl (C=O) groups is 7. The number of fused-ring (bicyclic) bond motifs is 5. The van der Waals surface area contributed by atoms with Crippen LogP contribution in [0.15, 0.2) is 48.9 Å². The summed E-state index contributed by atoms with van der Waals surface area (Å²) in [5.41, 5.74) is 7.11. The first kappa shape index (κ1) is 47.6. The molecule has 21 heteroatoms. The third-order valence-electron chi connectivity index (χ3n) is 16.1. The summed E-state index contributed by atoms with van der Waals surface area (Å²) in [4.78, 5) is 106. The third-order valence-corrected chi connectivity index (χ3v) is 16.1. The molecule has 3 saturated heterocycles. The second-order valence-electron chi connectivity index (χ2n) is 20.4. The molecule has 7 amide bonds. The molecular weight excluding hydrogens is 957 g/mol. The van der Waals surface area contributed by atoms with E-state index >= 15 is 8.78 Å². The Bertz CT molecular complexity index is 3170. The molecule has 7 aliphatic rings. The van der Waals surface area contributed by atoms with Crippen LogP contribution in [-0.4, -0.2) is 150 Å². The molecule has 0 saturated carbocycles. The van der Waals surface area contributed by atoms with Gasteiger partial charge in [0.1, 0.15) is 12.6 Å². The minimum absolute atomic E-state index is 0.0200. The topological polar surface area (TPSA) is 196 Å². The molecule has 0 aliphatic carbocycles. The number of aryl methyl sites for hydroxylation is 1. The SMILES string of the molecule is CC(=O)N1CCc2c(c(N3CCCc4cc(-c5cn(CC(=O)N6CCN(C(=O)CN7Cc8cc9c(cc8C7)C(=O)N(C7CCC(=O)NC7=O)C9=O)CC6)c6ccncc56)c(C(F)F)cc43)nn2C2CCOCC2)C1. The predicted molar refractivity (Wildman–Crippen MR) is 262 cm³/mol. The van der Waals surface area contributed by atoms with Crippen LogP contribution in [-0.2, 0) is 67.7 Å². The van der Waals surface area contributed by atoms with Gasteiger partial charge in [-0.1, -0.05) is 0 Å². The number of hydrogen-bond donors (Lipinski definition) is 1. The third kappa shape index (κ3) is 8.29. The predicted octanol–water partition coefficient (Wildman–Crippen LogP) is 4.27. The highest BCUT2D eigenvalue weighted by atomic mass is 19.3. The Hall–Kier alpha value is -7.39. The number of halogens is 2. The van der Waals surface area contributed by atoms with Gasteiger partial charge >= 0.3 is 0 Å². The molecular formula is C53H55F2N11O8. The number of piperidine rings is 1. The number of anilines is 2. The fourth-order valence-corrected chi connectivity index (χ4v) is 12.2. The van der Waals surface area contributed by atoms with E-state index in [1.807, 2.05) is 15.9 Å². The zero-order valence-corrected chi connectivity index (χ0v) is 41.0. The zero-order chi connectivity index (χ0) is 51.1. The number of aromatic nitrogens is 4. The molecule has 5 aromatic rings. The number of amides is 7. The number of alkyl halides is 2. The van der Waals surface area contributed by atoms with Gasteiger partial charge in [-0.25, -0.2) is 8.78 Å². The number of pyridine rings is 1. The van der Waals surface area contributed by atoms with Crippen LogP contribution in [0.4, 0.5) is 20.3 Å². The van der Waals surface area contributed by atoms with Gasteiger partial charge in [0.15, 0.2) is 5.82 Å². The van der Waals surface area contributed by atoms with E-state index in [9.17, 15) is 33.6 Å². The van der Waals surface area contributed by atoms with E-state index < -0.39 is 36.1 Å². The normalized spacial score (nSPS) is 20.4. The lowest BCUT2D eigenvalue weighted by atomic mass is 9.91. The van der Waals surface area contributed by atoms with E-state index in [4.69, 9.17) is 9.84 Å². The van der Waals surface area contributed by atoms with Crippen LogP contribution in [0.2, 0.25) is 0 Å². The van der Waals surface area contributed by atoms with Crippen molar-refractivity contribution in [3.63, 3.8) is 0 Å². The maximum Gasteiger partial charge on any atom is 0.264 e. The van der Waals surface area contributed by atoms with E-state index in [2.05, 4.69) is 19.9 Å². The average Bonchev–Trinajstić information content (AvgIpc) is 4.16. The van der Waals surface area contributed by atoms with Crippen LogP contribution in [0.25, 0.3) is 22.0 Å². The van der Waals surface area contributed by atoms with Gasteiger partial charge in [-0.05, 0) is 84.7 Å². The highest BCUT2D eigenvalue weighted by Crippen LogP contribution is 2.45. The van der Waals surface area contributed by atoms with Gasteiger partial charge in [0.25, 0.3) is 18.2 Å². The van der Waals surface area contributed by atoms with Gasteiger partial charge in [-0.2, -0.15) is 5.10 Å². The van der Waals surface area contributed by atoms with Crippen molar-refractivity contribution >= 4 is 63.8 Å². The minimum atomic E-state index is -2.82. The first-order chi connectivity index (χ1) is 35.8. The largest absolute Gasteiger partial charge is 0.381 e. The Morgan fingerprint density at radius 3 is 2.14 bits per heavy atom. The van der Waals surface area contributed by atoms with Crippen molar-refractivity contribution in [2.24, 2.45) is 0 Å². The summed E-state index contributed by atoms with van der Waals surface area (Å²) in [7, 11) is 0. The van der Waals surface area contributed by atoms with Crippen molar-refractivity contribution < 1.29 is 47.1 Å². The van der Waals surface area contributed by atoms with Crippen molar-refractivity contribution in [2.45, 2.75) is 96.6 Å². The number of rotatable bonds is 9. The summed E-state index contributed by atoms with van der Waals surface area (Å²) in [5.74, 6) is -1.88. The van der Waals surface area contributed by atoms with E-state index in [-0.39, 0.29) is 66.4 Å². The van der Waals surface area contributed by atoms with Crippen molar-refractivity contribution in [1.82, 2.24) is 49.1 Å². The molecule has 3 fully saturated rings. The second kappa shape index (κ2) is 18.8. The molecule has 12 rings (SSSR count). The highest BCUT2D eigenvalue weighted by molar-refractivity contribution is 6.23. The van der Waals surface area contributed by atoms with Gasteiger partial charge < -0.3 is 28.9 Å². The number of ether oxygens (including phenoxy) is 1. The minimum Gasteiger partial charge on any atom is -0.381 e. The maximum atomic E-state index is 15.5. The lowest BCUT2D eigenvalue weighted by Gasteiger charge is -2.35. The molecule has 74 heavy (non-hydrogen) atoms. The Morgan fingerprint density at radius 2 is 1.46 bits per heavy atom. The van der Waals surface area contributed by atoms with Crippen LogP contribution in [0, 0.1) is 0 Å². The Balaban J connectivity index is 0.726. The quantitative estimate of drug-likeness (QED) is 0.207. The number of piperazine rings is 1. The molecule has 384 valence electrons. The molecule has 0 spiro atoms. The molecule has 19 nitrogen and oxygen atoms in total. The first-order valence-electron chi connectivity index (χ1n) is 25.5. The maximum absolute atomic E-state index is 15.5. The Morgan fingerprint density at radius 1 is 0.770 bits per heavy atom. The first-order valence-corrected chi connectivity index (χ1v) is 25.5. The number of nitrogens with one attached hydrogen (secondary N) is 1. The van der Waals surface area contributed by atoms with Gasteiger partial charge in [0, 0.05) is 137 Å². The standard InChI is InChI=1S/C53H55F2N11O8/c1-30(67)62-12-7-43-41(27-62)50(58-66(43)34-8-17-74-18-9-34)64-11-2-3-31-19-35(36(49(54)55)22-45(31)64)40-26-63(42-6-10-56-23-39(40)42)29-48(70)61-15-13-60(14-16-61)47(69)28-59-24-32-20-37-38(21-33(32)25-59)53(73)65(52(37)72)44-4-5-46(68)57-51(44)71/h6,10,19-23,26,34,44,49H,2-5,7-9,11-18,24-25,27-29H2,1H3,(H,57,68,71). The molecule has 1 N–H and O–H groups in total. The molecule has 3 aromatic heterocycles. The lowest BCUT2D eigenvalue weighted by Crippen LogP contribution is -2.54. The summed E-state index contributed by atoms with van der Waals surface area (Å²) < 4.78 is 40.6. The molecule has 1 unspecified atom stereocenters. The van der Waals surface area contributed by atoms with E-state index in [0.29, 0.717) is 118 Å². The van der Waals surface area contributed by atoms with Crippen LogP contribution in [0.5, 0.6) is 0 Å². The van der Waals surface area contributed by atoms with Crippen LogP contribution < -0.4 is 10.2 Å². The monoisotopic (exact) mass is 1010 g/mol. The summed E-state index contributed by atoms with van der Waals surface area (Å²) in [6, 6.07) is 7.68. The van der Waals surface area contributed by atoms with Gasteiger partial charge in [-0.3, -0.25) is 58.3 Å². The number of imide groups is 2. The van der Waals surface area contributed by atoms with E-state index in [1.54, 1.807) is 64.1 Å². The molecule has 0 radical (unpaired) electrons. The summed E-state index contributed by atoms with van der Waals surface area (Å²) in [5, 5.41) is 8.08. The van der Waals surface area contributed by atoms with E-state index in [1.165, 1.54) is 0 Å². The molecule has 1 atom stereocenters. The molecule has 7 aliphatic heterocycles. The van der Waals surface area contributed by atoms with Crippen molar-refractivity contribution in [2.75, 3.05) is 63.9 Å². The summed E-state index contributed by atoms with van der Waals surface area (Å²) >= 11 is 0. The number of hydrogen-bond acceptors (Lipinski definition) is 12. The van der Waals surface area contributed by atoms with Crippen molar-refractivity contribution in [3.8, 4) is 11.1 Å². The molecule has 0 bridgehead atoms. The van der Waals surface area contributed by atoms with Gasteiger partial charge in [0.2, 0.25) is 29.5 Å².